The summed E-state index contributed by atoms with van der Waals surface area (Å²) in [5, 5.41) is 13.7. The quantitative estimate of drug-likeness (QED) is 0.0985. The molecule has 1 heterocycles. The summed E-state index contributed by atoms with van der Waals surface area (Å²) in [6.07, 6.45) is 1.57. The molecular formula is C35H35N5O3S. The van der Waals surface area contributed by atoms with Gasteiger partial charge in [-0.2, -0.15) is 5.10 Å². The molecule has 9 heteroatoms. The number of carbonyl (C=O) groups excluding carboxylic acids is 1. The van der Waals surface area contributed by atoms with Gasteiger partial charge < -0.3 is 9.47 Å². The molecule has 0 aliphatic heterocycles. The van der Waals surface area contributed by atoms with E-state index in [9.17, 15) is 4.79 Å². The number of carbonyl (C=O) groups is 1. The number of rotatable bonds is 11. The van der Waals surface area contributed by atoms with Crippen molar-refractivity contribution >= 4 is 23.9 Å². The minimum atomic E-state index is -0.265. The number of ether oxygens (including phenoxy) is 2. The Morgan fingerprint density at radius 1 is 0.909 bits per heavy atom. The van der Waals surface area contributed by atoms with Crippen molar-refractivity contribution in [2.24, 2.45) is 5.10 Å². The summed E-state index contributed by atoms with van der Waals surface area (Å²) in [7, 11) is 1.60. The zero-order valence-electron chi connectivity index (χ0n) is 25.2. The summed E-state index contributed by atoms with van der Waals surface area (Å²) in [5.41, 5.74) is 7.56. The average Bonchev–Trinajstić information content (AvgIpc) is 3.47. The van der Waals surface area contributed by atoms with E-state index in [1.54, 1.807) is 13.3 Å². The zero-order chi connectivity index (χ0) is 30.9. The van der Waals surface area contributed by atoms with E-state index >= 15 is 0 Å². The molecule has 0 unspecified atom stereocenters. The van der Waals surface area contributed by atoms with E-state index in [1.165, 1.54) is 17.3 Å². The van der Waals surface area contributed by atoms with Crippen molar-refractivity contribution in [1.82, 2.24) is 20.2 Å². The Labute approximate surface area is 262 Å². The number of nitrogens with zero attached hydrogens (tertiary/aromatic N) is 4. The van der Waals surface area contributed by atoms with Gasteiger partial charge in [0.25, 0.3) is 5.91 Å². The maximum atomic E-state index is 12.7. The van der Waals surface area contributed by atoms with Gasteiger partial charge in [-0.25, -0.2) is 5.43 Å². The van der Waals surface area contributed by atoms with Gasteiger partial charge in [0, 0.05) is 11.3 Å². The number of aromatic nitrogens is 3. The number of amides is 1. The molecular weight excluding hydrogens is 570 g/mol. The molecule has 0 saturated carbocycles. The third-order valence-electron chi connectivity index (χ3n) is 6.82. The lowest BCUT2D eigenvalue weighted by Gasteiger charge is -2.19. The van der Waals surface area contributed by atoms with Gasteiger partial charge in [-0.1, -0.05) is 105 Å². The van der Waals surface area contributed by atoms with Crippen molar-refractivity contribution < 1.29 is 14.3 Å². The fraction of sp³-hybridized carbons (Fsp3) is 0.200. The van der Waals surface area contributed by atoms with Gasteiger partial charge in [0.05, 0.1) is 19.1 Å². The van der Waals surface area contributed by atoms with Crippen LogP contribution in [0.3, 0.4) is 0 Å². The maximum Gasteiger partial charge on any atom is 0.250 e. The summed E-state index contributed by atoms with van der Waals surface area (Å²) in [4.78, 5) is 12.7. The van der Waals surface area contributed by atoms with Crippen molar-refractivity contribution in [2.45, 2.75) is 37.9 Å². The van der Waals surface area contributed by atoms with Crippen LogP contribution >= 0.6 is 11.8 Å². The lowest BCUT2D eigenvalue weighted by molar-refractivity contribution is -0.118. The fourth-order valence-corrected chi connectivity index (χ4v) is 5.19. The molecule has 0 saturated heterocycles. The van der Waals surface area contributed by atoms with Crippen LogP contribution in [0.1, 0.15) is 37.5 Å². The first-order valence-electron chi connectivity index (χ1n) is 14.2. The molecule has 1 N–H and O–H groups in total. The molecule has 0 bridgehead atoms. The molecule has 0 spiro atoms. The minimum absolute atomic E-state index is 0.0499. The first-order valence-corrected chi connectivity index (χ1v) is 15.2. The number of hydrazone groups is 1. The Bertz CT molecular complexity index is 1710. The highest BCUT2D eigenvalue weighted by atomic mass is 32.2. The van der Waals surface area contributed by atoms with E-state index in [2.05, 4.69) is 65.8 Å². The first-order chi connectivity index (χ1) is 21.3. The van der Waals surface area contributed by atoms with Crippen LogP contribution in [-0.4, -0.2) is 39.7 Å². The SMILES string of the molecule is COc1ccc(C=NNC(=O)CSc2nnc(-c3ccc(C(C)(C)C)cc3)n2-c2ccccc2)cc1OCc1ccccc1. The molecule has 224 valence electrons. The van der Waals surface area contributed by atoms with E-state index in [-0.39, 0.29) is 17.1 Å². The van der Waals surface area contributed by atoms with Crippen LogP contribution in [0, 0.1) is 0 Å². The van der Waals surface area contributed by atoms with Gasteiger partial charge in [-0.15, -0.1) is 10.2 Å². The van der Waals surface area contributed by atoms with E-state index < -0.39 is 0 Å². The highest BCUT2D eigenvalue weighted by Gasteiger charge is 2.19. The van der Waals surface area contributed by atoms with Crippen molar-refractivity contribution in [3.8, 4) is 28.6 Å². The Balaban J connectivity index is 1.25. The topological polar surface area (TPSA) is 90.6 Å². The number of hydrogen-bond donors (Lipinski definition) is 1. The standard InChI is InChI=1S/C35H35N5O3S/c1-35(2,3)28-18-16-27(17-19-28)33-38-39-34(40(33)29-13-9-6-10-14-29)44-24-32(41)37-36-22-26-15-20-30(42-4)31(21-26)43-23-25-11-7-5-8-12-25/h5-22H,23-24H2,1-4H3,(H,37,41). The second-order valence-electron chi connectivity index (χ2n) is 11.1. The lowest BCUT2D eigenvalue weighted by atomic mass is 9.87. The Morgan fingerprint density at radius 2 is 1.61 bits per heavy atom. The van der Waals surface area contributed by atoms with Crippen molar-refractivity contribution in [3.63, 3.8) is 0 Å². The molecule has 0 aliphatic carbocycles. The fourth-order valence-electron chi connectivity index (χ4n) is 4.44. The summed E-state index contributed by atoms with van der Waals surface area (Å²) >= 11 is 1.30. The molecule has 44 heavy (non-hydrogen) atoms. The monoisotopic (exact) mass is 605 g/mol. The highest BCUT2D eigenvalue weighted by molar-refractivity contribution is 7.99. The summed E-state index contributed by atoms with van der Waals surface area (Å²) in [6, 6.07) is 33.6. The molecule has 8 nitrogen and oxygen atoms in total. The first kappa shape index (κ1) is 30.6. The van der Waals surface area contributed by atoms with Gasteiger partial charge >= 0.3 is 0 Å². The summed E-state index contributed by atoms with van der Waals surface area (Å²) in [5.74, 6) is 1.76. The molecule has 1 aromatic heterocycles. The van der Waals surface area contributed by atoms with Gasteiger partial charge in [0.1, 0.15) is 6.61 Å². The normalized spacial score (nSPS) is 11.5. The van der Waals surface area contributed by atoms with Crippen LogP contribution in [0.15, 0.2) is 113 Å². The van der Waals surface area contributed by atoms with E-state index in [4.69, 9.17) is 9.47 Å². The maximum absolute atomic E-state index is 12.7. The lowest BCUT2D eigenvalue weighted by Crippen LogP contribution is -2.20. The number of benzene rings is 4. The van der Waals surface area contributed by atoms with E-state index in [1.807, 2.05) is 83.4 Å². The van der Waals surface area contributed by atoms with Gasteiger partial charge in [0.15, 0.2) is 22.5 Å². The molecule has 0 radical (unpaired) electrons. The number of hydrogen-bond acceptors (Lipinski definition) is 7. The van der Waals surface area contributed by atoms with Crippen LogP contribution in [0.25, 0.3) is 17.1 Å². The van der Waals surface area contributed by atoms with E-state index in [0.717, 1.165) is 22.4 Å². The molecule has 0 fully saturated rings. The highest BCUT2D eigenvalue weighted by Crippen LogP contribution is 2.31. The predicted octanol–water partition coefficient (Wildman–Crippen LogP) is 7.06. The number of nitrogens with one attached hydrogen (secondary N) is 1. The van der Waals surface area contributed by atoms with Crippen molar-refractivity contribution in [2.75, 3.05) is 12.9 Å². The third-order valence-corrected chi connectivity index (χ3v) is 7.75. The minimum Gasteiger partial charge on any atom is -0.493 e. The van der Waals surface area contributed by atoms with Crippen LogP contribution in [0.2, 0.25) is 0 Å². The van der Waals surface area contributed by atoms with E-state index in [0.29, 0.717) is 29.1 Å². The van der Waals surface area contributed by atoms with Gasteiger partial charge in [-0.05, 0) is 52.4 Å². The largest absolute Gasteiger partial charge is 0.493 e. The van der Waals surface area contributed by atoms with Gasteiger partial charge in [0.2, 0.25) is 0 Å². The summed E-state index contributed by atoms with van der Waals surface area (Å²) in [6.45, 7) is 6.97. The number of thioether (sulfide) groups is 1. The second kappa shape index (κ2) is 14.1. The second-order valence-corrected chi connectivity index (χ2v) is 12.0. The summed E-state index contributed by atoms with van der Waals surface area (Å²) < 4.78 is 13.4. The van der Waals surface area contributed by atoms with Crippen molar-refractivity contribution in [1.29, 1.82) is 0 Å². The Kier molecular flexibility index (Phi) is 9.76. The third kappa shape index (κ3) is 7.73. The van der Waals surface area contributed by atoms with Gasteiger partial charge in [-0.3, -0.25) is 9.36 Å². The Hall–Kier alpha value is -4.89. The molecule has 1 amide bonds. The average molecular weight is 606 g/mol. The molecule has 4 aromatic carbocycles. The Morgan fingerprint density at radius 3 is 2.30 bits per heavy atom. The predicted molar refractivity (Wildman–Crippen MR) is 176 cm³/mol. The van der Waals surface area contributed by atoms with Crippen LogP contribution in [-0.2, 0) is 16.8 Å². The van der Waals surface area contributed by atoms with Crippen molar-refractivity contribution in [3.05, 3.63) is 120 Å². The number of methoxy groups -OCH3 is 1. The van der Waals surface area contributed by atoms with Crippen LogP contribution in [0.4, 0.5) is 0 Å². The zero-order valence-corrected chi connectivity index (χ0v) is 26.0. The smallest absolute Gasteiger partial charge is 0.250 e. The molecule has 0 atom stereocenters. The molecule has 5 aromatic rings. The van der Waals surface area contributed by atoms with Crippen LogP contribution < -0.4 is 14.9 Å². The molecule has 5 rings (SSSR count). The number of para-hydroxylation sites is 1. The molecule has 0 aliphatic rings. The van der Waals surface area contributed by atoms with Crippen LogP contribution in [0.5, 0.6) is 11.5 Å².